The highest BCUT2D eigenvalue weighted by molar-refractivity contribution is 7.92. The van der Waals surface area contributed by atoms with Gasteiger partial charge < -0.3 is 10.2 Å². The van der Waals surface area contributed by atoms with Crippen molar-refractivity contribution in [1.82, 2.24) is 10.2 Å². The first-order valence-electron chi connectivity index (χ1n) is 11.8. The van der Waals surface area contributed by atoms with Gasteiger partial charge in [-0.2, -0.15) is 0 Å². The molecule has 0 spiro atoms. The van der Waals surface area contributed by atoms with Gasteiger partial charge in [0, 0.05) is 28.7 Å². The third-order valence-corrected chi connectivity index (χ3v) is 8.88. The van der Waals surface area contributed by atoms with Crippen molar-refractivity contribution in [3.8, 4) is 0 Å². The summed E-state index contributed by atoms with van der Waals surface area (Å²) in [6.07, 6.45) is 0.290. The normalized spacial score (nSPS) is 12.1. The van der Waals surface area contributed by atoms with Crippen LogP contribution in [0.3, 0.4) is 0 Å². The van der Waals surface area contributed by atoms with Gasteiger partial charge in [0.15, 0.2) is 0 Å². The van der Waals surface area contributed by atoms with E-state index in [0.29, 0.717) is 26.2 Å². The van der Waals surface area contributed by atoms with Crippen LogP contribution in [0.25, 0.3) is 0 Å². The molecule has 11 heteroatoms. The molecule has 0 unspecified atom stereocenters. The molecule has 0 aliphatic heterocycles. The van der Waals surface area contributed by atoms with Crippen molar-refractivity contribution < 1.29 is 18.0 Å². The van der Waals surface area contributed by atoms with Gasteiger partial charge in [0.05, 0.1) is 10.6 Å². The minimum absolute atomic E-state index is 0.0119. The van der Waals surface area contributed by atoms with Gasteiger partial charge in [0.1, 0.15) is 12.6 Å². The average Bonchev–Trinajstić information content (AvgIpc) is 2.90. The second kappa shape index (κ2) is 12.8. The first-order valence-corrected chi connectivity index (χ1v) is 14.4. The monoisotopic (exact) mass is 595 g/mol. The van der Waals surface area contributed by atoms with Gasteiger partial charge in [-0.1, -0.05) is 72.1 Å². The van der Waals surface area contributed by atoms with Crippen LogP contribution in [-0.2, 0) is 26.2 Å². The van der Waals surface area contributed by atoms with Gasteiger partial charge in [0.25, 0.3) is 10.0 Å². The molecule has 0 aliphatic carbocycles. The lowest BCUT2D eigenvalue weighted by molar-refractivity contribution is -0.140. The van der Waals surface area contributed by atoms with Crippen molar-refractivity contribution in [3.05, 3.63) is 92.9 Å². The Bertz CT molecular complexity index is 1420. The van der Waals surface area contributed by atoms with Crippen molar-refractivity contribution in [1.29, 1.82) is 0 Å². The number of hydrogen-bond donors (Lipinski definition) is 1. The Morgan fingerprint density at radius 2 is 1.63 bits per heavy atom. The van der Waals surface area contributed by atoms with E-state index in [4.69, 9.17) is 34.8 Å². The zero-order valence-corrected chi connectivity index (χ0v) is 24.2. The molecule has 0 fully saturated rings. The molecule has 1 atom stereocenters. The third kappa shape index (κ3) is 6.61. The predicted molar refractivity (Wildman–Crippen MR) is 152 cm³/mol. The fourth-order valence-corrected chi connectivity index (χ4v) is 6.15. The van der Waals surface area contributed by atoms with E-state index in [0.717, 1.165) is 4.31 Å². The molecule has 3 aromatic carbocycles. The number of rotatable bonds is 10. The Hall–Kier alpha value is -2.78. The van der Waals surface area contributed by atoms with Gasteiger partial charge in [-0.25, -0.2) is 8.42 Å². The maximum absolute atomic E-state index is 13.9. The maximum atomic E-state index is 13.9. The second-order valence-corrected chi connectivity index (χ2v) is 11.6. The fourth-order valence-electron chi connectivity index (χ4n) is 4.02. The summed E-state index contributed by atoms with van der Waals surface area (Å²) < 4.78 is 28.7. The molecule has 0 saturated heterocycles. The van der Waals surface area contributed by atoms with Crippen LogP contribution in [0.4, 0.5) is 5.69 Å². The number of benzene rings is 3. The molecule has 0 saturated carbocycles. The molecular weight excluding hydrogens is 569 g/mol. The van der Waals surface area contributed by atoms with Crippen LogP contribution < -0.4 is 9.62 Å². The summed E-state index contributed by atoms with van der Waals surface area (Å²) in [4.78, 5) is 28.1. The Kier molecular flexibility index (Phi) is 10.1. The Morgan fingerprint density at radius 1 is 0.947 bits per heavy atom. The van der Waals surface area contributed by atoms with E-state index in [1.807, 2.05) is 0 Å². The third-order valence-electron chi connectivity index (χ3n) is 6.11. The lowest BCUT2D eigenvalue weighted by atomic mass is 10.1. The topological polar surface area (TPSA) is 86.8 Å². The number of halogens is 3. The van der Waals surface area contributed by atoms with Crippen LogP contribution in [0.15, 0.2) is 71.6 Å². The maximum Gasteiger partial charge on any atom is 0.264 e. The summed E-state index contributed by atoms with van der Waals surface area (Å²) in [5, 5.41) is 3.68. The summed E-state index contributed by atoms with van der Waals surface area (Å²) in [5.74, 6) is -0.979. The molecule has 0 radical (unpaired) electrons. The van der Waals surface area contributed by atoms with E-state index < -0.39 is 28.5 Å². The number of amides is 2. The quantitative estimate of drug-likeness (QED) is 0.325. The van der Waals surface area contributed by atoms with Gasteiger partial charge in [-0.05, 0) is 60.9 Å². The van der Waals surface area contributed by atoms with Crippen molar-refractivity contribution in [3.63, 3.8) is 0 Å². The van der Waals surface area contributed by atoms with E-state index >= 15 is 0 Å². The van der Waals surface area contributed by atoms with Crippen molar-refractivity contribution in [2.45, 2.75) is 37.8 Å². The molecule has 3 rings (SSSR count). The molecule has 7 nitrogen and oxygen atoms in total. The highest BCUT2D eigenvalue weighted by atomic mass is 35.5. The molecular formula is C27H28Cl3N3O4S. The number of sulfonamides is 1. The highest BCUT2D eigenvalue weighted by Crippen LogP contribution is 2.31. The average molecular weight is 597 g/mol. The van der Waals surface area contributed by atoms with E-state index in [2.05, 4.69) is 5.32 Å². The largest absolute Gasteiger partial charge is 0.357 e. The van der Waals surface area contributed by atoms with Gasteiger partial charge in [-0.3, -0.25) is 13.9 Å². The summed E-state index contributed by atoms with van der Waals surface area (Å²) in [6.45, 7) is 2.84. The van der Waals surface area contributed by atoms with E-state index in [1.54, 1.807) is 68.4 Å². The van der Waals surface area contributed by atoms with Crippen molar-refractivity contribution in [2.24, 2.45) is 0 Å². The number of anilines is 1. The zero-order valence-electron chi connectivity index (χ0n) is 21.1. The molecule has 0 bridgehead atoms. The van der Waals surface area contributed by atoms with Crippen LogP contribution in [0, 0.1) is 6.92 Å². The number of hydrogen-bond acceptors (Lipinski definition) is 4. The fraction of sp³-hybridized carbons (Fsp3) is 0.259. The summed E-state index contributed by atoms with van der Waals surface area (Å²) >= 11 is 18.8. The SMILES string of the molecule is CC[C@H](C(=O)NC)N(Cc1ccc(Cl)cc1Cl)C(=O)CN(c1cccc(Cl)c1C)S(=O)(=O)c1ccccc1. The Labute approximate surface area is 238 Å². The number of nitrogens with zero attached hydrogens (tertiary/aromatic N) is 2. The number of nitrogens with one attached hydrogen (secondary N) is 1. The van der Waals surface area contributed by atoms with E-state index in [-0.39, 0.29) is 29.5 Å². The Morgan fingerprint density at radius 3 is 2.24 bits per heavy atom. The zero-order chi connectivity index (χ0) is 28.0. The first-order chi connectivity index (χ1) is 18.0. The molecule has 0 heterocycles. The molecule has 0 aromatic heterocycles. The standard InChI is InChI=1S/C27H28Cl3N3O4S/c1-4-24(27(35)31-3)32(16-19-13-14-20(28)15-23(19)30)26(34)17-33(25-12-8-11-22(29)18(25)2)38(36,37)21-9-6-5-7-10-21/h5-15,24H,4,16-17H2,1-3H3,(H,31,35)/t24-/m1/s1. The molecule has 1 N–H and O–H groups in total. The number of likely N-dealkylation sites (N-methyl/N-ethyl adjacent to an activating group) is 1. The molecule has 38 heavy (non-hydrogen) atoms. The van der Waals surface area contributed by atoms with Crippen LogP contribution in [-0.4, -0.2) is 44.8 Å². The van der Waals surface area contributed by atoms with Crippen molar-refractivity contribution >= 4 is 62.3 Å². The minimum atomic E-state index is -4.18. The lowest BCUT2D eigenvalue weighted by Crippen LogP contribution is -2.51. The van der Waals surface area contributed by atoms with Gasteiger partial charge >= 0.3 is 0 Å². The molecule has 0 aliphatic rings. The van der Waals surface area contributed by atoms with Gasteiger partial charge in [0.2, 0.25) is 11.8 Å². The van der Waals surface area contributed by atoms with Crippen LogP contribution >= 0.6 is 34.8 Å². The minimum Gasteiger partial charge on any atom is -0.357 e. The Balaban J connectivity index is 2.11. The summed E-state index contributed by atoms with van der Waals surface area (Å²) in [5.41, 5.74) is 1.31. The van der Waals surface area contributed by atoms with E-state index in [9.17, 15) is 18.0 Å². The summed E-state index contributed by atoms with van der Waals surface area (Å²) in [7, 11) is -2.71. The summed E-state index contributed by atoms with van der Waals surface area (Å²) in [6, 6.07) is 16.6. The number of carbonyl (C=O) groups is 2. The highest BCUT2D eigenvalue weighted by Gasteiger charge is 2.34. The van der Waals surface area contributed by atoms with Crippen LogP contribution in [0.5, 0.6) is 0 Å². The van der Waals surface area contributed by atoms with Crippen molar-refractivity contribution in [2.75, 3.05) is 17.9 Å². The van der Waals surface area contributed by atoms with Gasteiger partial charge in [-0.15, -0.1) is 0 Å². The first kappa shape index (κ1) is 29.8. The number of carbonyl (C=O) groups excluding carboxylic acids is 2. The smallest absolute Gasteiger partial charge is 0.264 e. The van der Waals surface area contributed by atoms with Crippen LogP contribution in [0.1, 0.15) is 24.5 Å². The van der Waals surface area contributed by atoms with E-state index in [1.165, 1.54) is 24.1 Å². The van der Waals surface area contributed by atoms with Crippen LogP contribution in [0.2, 0.25) is 15.1 Å². The molecule has 3 aromatic rings. The second-order valence-electron chi connectivity index (χ2n) is 8.50. The lowest BCUT2D eigenvalue weighted by Gasteiger charge is -2.33. The molecule has 2 amide bonds. The predicted octanol–water partition coefficient (Wildman–Crippen LogP) is 5.70. The molecule has 202 valence electrons.